The van der Waals surface area contributed by atoms with Crippen LogP contribution in [0, 0.1) is 0 Å². The lowest BCUT2D eigenvalue weighted by Gasteiger charge is -2.35. The molecule has 5 nitrogen and oxygen atoms in total. The molecule has 1 unspecified atom stereocenters. The summed E-state index contributed by atoms with van der Waals surface area (Å²) in [7, 11) is 0. The van der Waals surface area contributed by atoms with E-state index in [4.69, 9.17) is 11.6 Å². The fourth-order valence-corrected chi connectivity index (χ4v) is 3.12. The highest BCUT2D eigenvalue weighted by Crippen LogP contribution is 2.15. The summed E-state index contributed by atoms with van der Waals surface area (Å²) < 4.78 is 0. The molecule has 1 N–H and O–H groups in total. The molecule has 2 saturated heterocycles. The number of piperazine rings is 1. The molecule has 3 rings (SSSR count). The van der Waals surface area contributed by atoms with Crippen molar-refractivity contribution >= 4 is 35.8 Å². The zero-order chi connectivity index (χ0) is 15.5. The number of hydrogen-bond donors (Lipinski definition) is 1. The fourth-order valence-electron chi connectivity index (χ4n) is 2.99. The second-order valence-corrected chi connectivity index (χ2v) is 6.29. The maximum Gasteiger partial charge on any atom is 0.242 e. The number of benzene rings is 1. The van der Waals surface area contributed by atoms with Gasteiger partial charge in [-0.2, -0.15) is 0 Å². The van der Waals surface area contributed by atoms with E-state index in [2.05, 4.69) is 5.32 Å². The van der Waals surface area contributed by atoms with Crippen LogP contribution in [0.3, 0.4) is 0 Å². The van der Waals surface area contributed by atoms with Gasteiger partial charge in [0.05, 0.1) is 12.6 Å². The molecule has 1 atom stereocenters. The zero-order valence-corrected chi connectivity index (χ0v) is 14.4. The molecule has 0 radical (unpaired) electrons. The smallest absolute Gasteiger partial charge is 0.242 e. The first-order chi connectivity index (χ1) is 10.6. The Morgan fingerprint density at radius 1 is 1.26 bits per heavy atom. The summed E-state index contributed by atoms with van der Waals surface area (Å²) in [4.78, 5) is 28.1. The number of halogens is 2. The Balaban J connectivity index is 0.00000192. The lowest BCUT2D eigenvalue weighted by atomic mass is 10.1. The molecule has 23 heavy (non-hydrogen) atoms. The van der Waals surface area contributed by atoms with Crippen molar-refractivity contribution in [1.82, 2.24) is 15.1 Å². The van der Waals surface area contributed by atoms with Crippen LogP contribution in [-0.2, 0) is 16.1 Å². The lowest BCUT2D eigenvalue weighted by molar-refractivity contribution is -0.146. The van der Waals surface area contributed by atoms with Gasteiger partial charge in [0.25, 0.3) is 0 Å². The minimum atomic E-state index is -0.101. The lowest BCUT2D eigenvalue weighted by Crippen LogP contribution is -2.55. The van der Waals surface area contributed by atoms with Crippen molar-refractivity contribution < 1.29 is 9.59 Å². The molecule has 0 aliphatic carbocycles. The largest absolute Gasteiger partial charge is 0.335 e. The first kappa shape index (κ1) is 18.0. The highest BCUT2D eigenvalue weighted by molar-refractivity contribution is 6.30. The standard InChI is InChI=1S/C16H20ClN3O2.ClH/c17-13-5-3-12(4-6-13)10-19-8-9-20(11-15(19)21)16(22)14-2-1-7-18-14;/h3-6,14,18H,1-2,7-11H2;1H. The van der Waals surface area contributed by atoms with Gasteiger partial charge in [-0.25, -0.2) is 0 Å². The third kappa shape index (κ3) is 4.37. The molecule has 2 amide bonds. The van der Waals surface area contributed by atoms with E-state index in [1.807, 2.05) is 24.3 Å². The van der Waals surface area contributed by atoms with E-state index in [-0.39, 0.29) is 36.8 Å². The van der Waals surface area contributed by atoms with E-state index in [9.17, 15) is 9.59 Å². The van der Waals surface area contributed by atoms with Gasteiger partial charge in [-0.3, -0.25) is 9.59 Å². The van der Waals surface area contributed by atoms with Crippen LogP contribution in [-0.4, -0.2) is 53.8 Å². The average Bonchev–Trinajstić information content (AvgIpc) is 3.05. The maximum atomic E-state index is 12.3. The number of carbonyl (C=O) groups excluding carboxylic acids is 2. The zero-order valence-electron chi connectivity index (χ0n) is 12.8. The Bertz CT molecular complexity index is 559. The molecular formula is C16H21Cl2N3O2. The summed E-state index contributed by atoms with van der Waals surface area (Å²) in [6.45, 7) is 2.83. The maximum absolute atomic E-state index is 12.3. The number of rotatable bonds is 3. The number of hydrogen-bond acceptors (Lipinski definition) is 3. The molecular weight excluding hydrogens is 337 g/mol. The van der Waals surface area contributed by atoms with Crippen molar-refractivity contribution in [3.8, 4) is 0 Å². The molecule has 2 aliphatic rings. The van der Waals surface area contributed by atoms with E-state index in [0.29, 0.717) is 24.7 Å². The molecule has 2 fully saturated rings. The molecule has 1 aromatic rings. The van der Waals surface area contributed by atoms with Crippen LogP contribution in [0.4, 0.5) is 0 Å². The van der Waals surface area contributed by atoms with Crippen LogP contribution in [0.1, 0.15) is 18.4 Å². The van der Waals surface area contributed by atoms with Crippen molar-refractivity contribution in [1.29, 1.82) is 0 Å². The second-order valence-electron chi connectivity index (χ2n) is 5.85. The molecule has 2 heterocycles. The SMILES string of the molecule is Cl.O=C1CN(C(=O)C2CCCN2)CCN1Cc1ccc(Cl)cc1. The highest BCUT2D eigenvalue weighted by atomic mass is 35.5. The third-order valence-electron chi connectivity index (χ3n) is 4.28. The van der Waals surface area contributed by atoms with Gasteiger partial charge in [-0.15, -0.1) is 12.4 Å². The molecule has 7 heteroatoms. The Labute approximate surface area is 147 Å². The van der Waals surface area contributed by atoms with E-state index in [1.54, 1.807) is 9.80 Å². The topological polar surface area (TPSA) is 52.7 Å². The van der Waals surface area contributed by atoms with E-state index >= 15 is 0 Å². The van der Waals surface area contributed by atoms with Crippen LogP contribution in [0.5, 0.6) is 0 Å². The molecule has 0 bridgehead atoms. The van der Waals surface area contributed by atoms with Gasteiger partial charge in [-0.05, 0) is 37.1 Å². The van der Waals surface area contributed by atoms with Crippen molar-refractivity contribution in [2.45, 2.75) is 25.4 Å². The van der Waals surface area contributed by atoms with Crippen molar-refractivity contribution in [3.05, 3.63) is 34.9 Å². The van der Waals surface area contributed by atoms with Crippen LogP contribution in [0.25, 0.3) is 0 Å². The van der Waals surface area contributed by atoms with Gasteiger partial charge in [0, 0.05) is 24.7 Å². The summed E-state index contributed by atoms with van der Waals surface area (Å²) in [5.74, 6) is 0.0736. The van der Waals surface area contributed by atoms with Crippen molar-refractivity contribution in [3.63, 3.8) is 0 Å². The van der Waals surface area contributed by atoms with Crippen LogP contribution in [0.15, 0.2) is 24.3 Å². The number of amides is 2. The number of nitrogens with one attached hydrogen (secondary N) is 1. The highest BCUT2D eigenvalue weighted by Gasteiger charge is 2.32. The molecule has 0 saturated carbocycles. The Kier molecular flexibility index (Phi) is 6.27. The van der Waals surface area contributed by atoms with Gasteiger partial charge >= 0.3 is 0 Å². The number of carbonyl (C=O) groups is 2. The molecule has 0 aromatic heterocycles. The van der Waals surface area contributed by atoms with Gasteiger partial charge < -0.3 is 15.1 Å². The van der Waals surface area contributed by atoms with Crippen LogP contribution in [0.2, 0.25) is 5.02 Å². The first-order valence-electron chi connectivity index (χ1n) is 7.68. The summed E-state index contributed by atoms with van der Waals surface area (Å²) in [6.07, 6.45) is 1.90. The second kappa shape index (κ2) is 7.99. The monoisotopic (exact) mass is 357 g/mol. The first-order valence-corrected chi connectivity index (χ1v) is 8.05. The minimum Gasteiger partial charge on any atom is -0.335 e. The van der Waals surface area contributed by atoms with E-state index < -0.39 is 0 Å². The number of nitrogens with zero attached hydrogens (tertiary/aromatic N) is 2. The van der Waals surface area contributed by atoms with E-state index in [0.717, 1.165) is 24.9 Å². The van der Waals surface area contributed by atoms with E-state index in [1.165, 1.54) is 0 Å². The molecule has 126 valence electrons. The van der Waals surface area contributed by atoms with Crippen LogP contribution < -0.4 is 5.32 Å². The van der Waals surface area contributed by atoms with Gasteiger partial charge in [-0.1, -0.05) is 23.7 Å². The summed E-state index contributed by atoms with van der Waals surface area (Å²) in [5, 5.41) is 3.89. The normalized spacial score (nSPS) is 21.3. The molecule has 1 aromatic carbocycles. The van der Waals surface area contributed by atoms with Gasteiger partial charge in [0.15, 0.2) is 0 Å². The Hall–Kier alpha value is -1.30. The fraction of sp³-hybridized carbons (Fsp3) is 0.500. The summed E-state index contributed by atoms with van der Waals surface area (Å²) >= 11 is 5.87. The quantitative estimate of drug-likeness (QED) is 0.895. The van der Waals surface area contributed by atoms with Crippen molar-refractivity contribution in [2.24, 2.45) is 0 Å². The minimum absolute atomic E-state index is 0. The summed E-state index contributed by atoms with van der Waals surface area (Å²) in [5.41, 5.74) is 1.05. The van der Waals surface area contributed by atoms with Gasteiger partial charge in [0.2, 0.25) is 11.8 Å². The molecule has 2 aliphatic heterocycles. The predicted molar refractivity (Wildman–Crippen MR) is 91.7 cm³/mol. The Morgan fingerprint density at radius 3 is 2.61 bits per heavy atom. The average molecular weight is 358 g/mol. The predicted octanol–water partition coefficient (Wildman–Crippen LogP) is 1.68. The summed E-state index contributed by atoms with van der Waals surface area (Å²) in [6, 6.07) is 7.40. The Morgan fingerprint density at radius 2 is 2.00 bits per heavy atom. The van der Waals surface area contributed by atoms with Crippen molar-refractivity contribution in [2.75, 3.05) is 26.2 Å². The van der Waals surface area contributed by atoms with Crippen LogP contribution >= 0.6 is 24.0 Å². The van der Waals surface area contributed by atoms with Gasteiger partial charge in [0.1, 0.15) is 0 Å². The third-order valence-corrected chi connectivity index (χ3v) is 4.53. The molecule has 0 spiro atoms.